The molecule has 0 saturated carbocycles. The summed E-state index contributed by atoms with van der Waals surface area (Å²) < 4.78 is 6.95. The molecule has 1 aliphatic rings. The first-order valence-electron chi connectivity index (χ1n) is 10.8. The van der Waals surface area contributed by atoms with Crippen LogP contribution >= 0.6 is 23.2 Å². The maximum Gasteiger partial charge on any atom is 0.263 e. The molecule has 0 spiro atoms. The summed E-state index contributed by atoms with van der Waals surface area (Å²) in [7, 11) is 0. The predicted molar refractivity (Wildman–Crippen MR) is 125 cm³/mol. The van der Waals surface area contributed by atoms with E-state index in [4.69, 9.17) is 27.9 Å². The van der Waals surface area contributed by atoms with Gasteiger partial charge in [-0.2, -0.15) is 0 Å². The second kappa shape index (κ2) is 11.7. The number of carbonyl (C=O) groups is 1. The highest BCUT2D eigenvalue weighted by Gasteiger charge is 2.17. The van der Waals surface area contributed by atoms with Crippen LogP contribution in [0, 0.1) is 0 Å². The molecule has 0 bridgehead atoms. The number of rotatable bonds is 9. The number of aryl methyl sites for hydroxylation is 1. The monoisotopic (exact) mass is 465 g/mol. The molecule has 1 amide bonds. The van der Waals surface area contributed by atoms with Gasteiger partial charge in [-0.05, 0) is 43.7 Å². The zero-order chi connectivity index (χ0) is 22.2. The molecule has 1 aliphatic heterocycles. The second-order valence-electron chi connectivity index (χ2n) is 7.68. The molecular formula is C23H29Cl2N3O3. The number of aromatic nitrogens is 1. The summed E-state index contributed by atoms with van der Waals surface area (Å²) in [6.07, 6.45) is 4.35. The van der Waals surface area contributed by atoms with Crippen LogP contribution in [0.1, 0.15) is 36.5 Å². The van der Waals surface area contributed by atoms with Crippen molar-refractivity contribution in [3.63, 3.8) is 0 Å². The summed E-state index contributed by atoms with van der Waals surface area (Å²) in [6, 6.07) is 6.78. The summed E-state index contributed by atoms with van der Waals surface area (Å²) in [5, 5.41) is 3.96. The lowest BCUT2D eigenvalue weighted by atomic mass is 10.0. The van der Waals surface area contributed by atoms with Crippen molar-refractivity contribution in [3.05, 3.63) is 56.4 Å². The smallest absolute Gasteiger partial charge is 0.263 e. The Morgan fingerprint density at radius 3 is 2.65 bits per heavy atom. The maximum atomic E-state index is 13.0. The zero-order valence-corrected chi connectivity index (χ0v) is 19.3. The summed E-state index contributed by atoms with van der Waals surface area (Å²) in [5.41, 5.74) is 1.22. The minimum Gasteiger partial charge on any atom is -0.379 e. The Labute approximate surface area is 193 Å². The van der Waals surface area contributed by atoms with Crippen molar-refractivity contribution in [1.82, 2.24) is 14.8 Å². The van der Waals surface area contributed by atoms with Gasteiger partial charge < -0.3 is 14.6 Å². The van der Waals surface area contributed by atoms with E-state index in [1.54, 1.807) is 35.0 Å². The number of hydrogen-bond donors (Lipinski definition) is 1. The van der Waals surface area contributed by atoms with Crippen molar-refractivity contribution >= 4 is 29.1 Å². The lowest BCUT2D eigenvalue weighted by molar-refractivity contribution is 0.0374. The average molecular weight is 466 g/mol. The number of unbranched alkanes of at least 4 members (excludes halogenated alkanes) is 1. The van der Waals surface area contributed by atoms with Crippen molar-refractivity contribution in [2.75, 3.05) is 39.4 Å². The number of halogens is 2. The normalized spacial score (nSPS) is 14.5. The number of pyridine rings is 1. The molecule has 0 radical (unpaired) electrons. The largest absolute Gasteiger partial charge is 0.379 e. The van der Waals surface area contributed by atoms with Gasteiger partial charge in [0.1, 0.15) is 5.56 Å². The van der Waals surface area contributed by atoms with Crippen molar-refractivity contribution in [2.45, 2.75) is 32.7 Å². The lowest BCUT2D eigenvalue weighted by Gasteiger charge is -2.26. The molecule has 2 heterocycles. The third kappa shape index (κ3) is 6.56. The van der Waals surface area contributed by atoms with E-state index in [-0.39, 0.29) is 17.0 Å². The van der Waals surface area contributed by atoms with E-state index in [9.17, 15) is 9.59 Å². The Kier molecular flexibility index (Phi) is 8.96. The second-order valence-corrected chi connectivity index (χ2v) is 8.53. The number of amides is 1. The van der Waals surface area contributed by atoms with Gasteiger partial charge in [0.25, 0.3) is 11.5 Å². The summed E-state index contributed by atoms with van der Waals surface area (Å²) in [4.78, 5) is 28.1. The Balaban J connectivity index is 1.78. The van der Waals surface area contributed by atoms with Gasteiger partial charge in [-0.15, -0.1) is 0 Å². The number of carbonyl (C=O) groups excluding carboxylic acids is 1. The van der Waals surface area contributed by atoms with Crippen LogP contribution in [0.4, 0.5) is 0 Å². The van der Waals surface area contributed by atoms with Crippen LogP contribution in [0.15, 0.2) is 35.3 Å². The van der Waals surface area contributed by atoms with E-state index in [1.807, 2.05) is 0 Å². The van der Waals surface area contributed by atoms with Crippen LogP contribution in [0.25, 0.3) is 11.1 Å². The molecule has 2 aromatic rings. The van der Waals surface area contributed by atoms with E-state index >= 15 is 0 Å². The summed E-state index contributed by atoms with van der Waals surface area (Å²) in [6.45, 7) is 7.33. The molecule has 1 saturated heterocycles. The molecule has 168 valence electrons. The molecular weight excluding hydrogens is 437 g/mol. The fourth-order valence-corrected chi connectivity index (χ4v) is 3.98. The number of benzene rings is 1. The van der Waals surface area contributed by atoms with Gasteiger partial charge in [0.05, 0.1) is 13.2 Å². The molecule has 1 aromatic heterocycles. The van der Waals surface area contributed by atoms with Crippen LogP contribution in [0.3, 0.4) is 0 Å². The third-order valence-corrected chi connectivity index (χ3v) is 5.93. The van der Waals surface area contributed by atoms with Crippen LogP contribution < -0.4 is 10.9 Å². The van der Waals surface area contributed by atoms with E-state index in [0.29, 0.717) is 34.3 Å². The number of hydrogen-bond acceptors (Lipinski definition) is 4. The quantitative estimate of drug-likeness (QED) is 0.566. The molecule has 1 N–H and O–H groups in total. The molecule has 8 heteroatoms. The molecule has 0 unspecified atom stereocenters. The summed E-state index contributed by atoms with van der Waals surface area (Å²) >= 11 is 12.5. The minimum absolute atomic E-state index is 0.121. The van der Waals surface area contributed by atoms with Crippen molar-refractivity contribution in [3.8, 4) is 11.1 Å². The van der Waals surface area contributed by atoms with E-state index in [2.05, 4.69) is 17.1 Å². The number of nitrogens with zero attached hydrogens (tertiary/aromatic N) is 2. The highest BCUT2D eigenvalue weighted by atomic mass is 35.5. The van der Waals surface area contributed by atoms with E-state index < -0.39 is 0 Å². The zero-order valence-electron chi connectivity index (χ0n) is 17.8. The van der Waals surface area contributed by atoms with Gasteiger partial charge in [-0.3, -0.25) is 14.5 Å². The van der Waals surface area contributed by atoms with Crippen LogP contribution in [0.5, 0.6) is 0 Å². The van der Waals surface area contributed by atoms with Gasteiger partial charge in [0, 0.05) is 53.5 Å². The Morgan fingerprint density at radius 2 is 1.90 bits per heavy atom. The molecule has 1 aromatic carbocycles. The van der Waals surface area contributed by atoms with Gasteiger partial charge in [-0.25, -0.2) is 0 Å². The molecule has 0 aliphatic carbocycles. The molecule has 31 heavy (non-hydrogen) atoms. The average Bonchev–Trinajstić information content (AvgIpc) is 2.78. The standard InChI is InChI=1S/C23H29Cl2N3O3/c1-2-3-9-28-16-17(19-15-18(24)5-6-21(19)25)14-20(23(28)30)22(29)26-7-4-8-27-10-12-31-13-11-27/h5-6,14-16H,2-4,7-13H2,1H3,(H,26,29). The number of nitrogens with one attached hydrogen (secondary N) is 1. The minimum atomic E-state index is -0.364. The Hall–Kier alpha value is -1.86. The van der Waals surface area contributed by atoms with E-state index in [1.165, 1.54) is 0 Å². The van der Waals surface area contributed by atoms with Gasteiger partial charge >= 0.3 is 0 Å². The first-order valence-corrected chi connectivity index (χ1v) is 11.5. The predicted octanol–water partition coefficient (Wildman–Crippen LogP) is 4.07. The molecule has 3 rings (SSSR count). The number of morpholine rings is 1. The van der Waals surface area contributed by atoms with Crippen LogP contribution in [-0.2, 0) is 11.3 Å². The Morgan fingerprint density at radius 1 is 1.13 bits per heavy atom. The molecule has 0 atom stereocenters. The maximum absolute atomic E-state index is 13.0. The van der Waals surface area contributed by atoms with E-state index in [0.717, 1.165) is 52.1 Å². The first-order chi connectivity index (χ1) is 15.0. The highest BCUT2D eigenvalue weighted by Crippen LogP contribution is 2.30. The number of ether oxygens (including phenoxy) is 1. The van der Waals surface area contributed by atoms with Crippen LogP contribution in [-0.4, -0.2) is 54.8 Å². The topological polar surface area (TPSA) is 63.6 Å². The fraction of sp³-hybridized carbons (Fsp3) is 0.478. The SMILES string of the molecule is CCCCn1cc(-c2cc(Cl)ccc2Cl)cc(C(=O)NCCCN2CCOCC2)c1=O. The van der Waals surface area contributed by atoms with Gasteiger partial charge in [-0.1, -0.05) is 36.5 Å². The van der Waals surface area contributed by atoms with Gasteiger partial charge in [0.2, 0.25) is 0 Å². The lowest BCUT2D eigenvalue weighted by Crippen LogP contribution is -2.38. The molecule has 6 nitrogen and oxygen atoms in total. The van der Waals surface area contributed by atoms with Crippen LogP contribution in [0.2, 0.25) is 10.0 Å². The fourth-order valence-electron chi connectivity index (χ4n) is 3.58. The van der Waals surface area contributed by atoms with Crippen molar-refractivity contribution in [1.29, 1.82) is 0 Å². The summed E-state index contributed by atoms with van der Waals surface area (Å²) in [5.74, 6) is -0.364. The van der Waals surface area contributed by atoms with Gasteiger partial charge in [0.15, 0.2) is 0 Å². The highest BCUT2D eigenvalue weighted by molar-refractivity contribution is 6.35. The van der Waals surface area contributed by atoms with Crippen molar-refractivity contribution < 1.29 is 9.53 Å². The molecule has 1 fully saturated rings. The third-order valence-electron chi connectivity index (χ3n) is 5.36. The first kappa shape index (κ1) is 23.8. The van der Waals surface area contributed by atoms with Crippen molar-refractivity contribution in [2.24, 2.45) is 0 Å². The Bertz CT molecular complexity index is 956.